The SMILES string of the molecule is Cc1cccc(OCCCCC(=O)Nc2ccc(CN3CCCC(C(N)=O)C3)cc2)c1. The van der Waals surface area contributed by atoms with Crippen LogP contribution in [0.5, 0.6) is 5.75 Å². The molecule has 1 heterocycles. The molecule has 1 unspecified atom stereocenters. The number of likely N-dealkylation sites (tertiary alicyclic amines) is 1. The van der Waals surface area contributed by atoms with Crippen molar-refractivity contribution in [1.29, 1.82) is 0 Å². The van der Waals surface area contributed by atoms with Gasteiger partial charge in [0.15, 0.2) is 0 Å². The van der Waals surface area contributed by atoms with Gasteiger partial charge in [-0.25, -0.2) is 0 Å². The molecule has 3 rings (SSSR count). The van der Waals surface area contributed by atoms with Crippen LogP contribution in [0.15, 0.2) is 48.5 Å². The molecule has 0 radical (unpaired) electrons. The maximum atomic E-state index is 12.2. The lowest BCUT2D eigenvalue weighted by Crippen LogP contribution is -2.40. The van der Waals surface area contributed by atoms with E-state index in [2.05, 4.69) is 10.2 Å². The van der Waals surface area contributed by atoms with Crippen LogP contribution >= 0.6 is 0 Å². The van der Waals surface area contributed by atoms with E-state index in [-0.39, 0.29) is 17.7 Å². The number of amides is 2. The molecule has 0 aromatic heterocycles. The Hall–Kier alpha value is -2.86. The molecule has 0 saturated carbocycles. The standard InChI is InChI=1S/C25H33N3O3/c1-19-6-4-8-23(16-19)31-15-3-2-9-24(29)27-22-12-10-20(11-13-22)17-28-14-5-7-21(18-28)25(26)30/h4,6,8,10-13,16,21H,2-3,5,7,9,14-15,17-18H2,1H3,(H2,26,30)(H,27,29). The zero-order chi connectivity index (χ0) is 22.1. The van der Waals surface area contributed by atoms with E-state index in [9.17, 15) is 9.59 Å². The van der Waals surface area contributed by atoms with E-state index >= 15 is 0 Å². The van der Waals surface area contributed by atoms with Gasteiger partial charge in [0, 0.05) is 25.2 Å². The number of hydrogen-bond donors (Lipinski definition) is 2. The quantitative estimate of drug-likeness (QED) is 0.568. The summed E-state index contributed by atoms with van der Waals surface area (Å²) in [5.74, 6) is 0.641. The lowest BCUT2D eigenvalue weighted by Gasteiger charge is -2.31. The van der Waals surface area contributed by atoms with Gasteiger partial charge in [0.05, 0.1) is 12.5 Å². The average Bonchev–Trinajstić information content (AvgIpc) is 2.75. The van der Waals surface area contributed by atoms with Gasteiger partial charge in [0.1, 0.15) is 5.75 Å². The van der Waals surface area contributed by atoms with Crippen molar-refractivity contribution in [3.8, 4) is 5.75 Å². The number of piperidine rings is 1. The number of aryl methyl sites for hydroxylation is 1. The highest BCUT2D eigenvalue weighted by Crippen LogP contribution is 2.19. The van der Waals surface area contributed by atoms with Crippen molar-refractivity contribution in [1.82, 2.24) is 4.90 Å². The average molecular weight is 424 g/mol. The number of primary amides is 1. The number of rotatable bonds is 10. The summed E-state index contributed by atoms with van der Waals surface area (Å²) in [6.45, 7) is 5.14. The van der Waals surface area contributed by atoms with Crippen molar-refractivity contribution < 1.29 is 14.3 Å². The Kier molecular flexibility index (Phi) is 8.47. The summed E-state index contributed by atoms with van der Waals surface area (Å²) in [6.07, 6.45) is 3.97. The molecule has 6 heteroatoms. The lowest BCUT2D eigenvalue weighted by atomic mass is 9.97. The Morgan fingerprint density at radius 2 is 1.97 bits per heavy atom. The van der Waals surface area contributed by atoms with Crippen molar-refractivity contribution in [2.75, 3.05) is 25.0 Å². The minimum absolute atomic E-state index is 0.0173. The highest BCUT2D eigenvalue weighted by atomic mass is 16.5. The highest BCUT2D eigenvalue weighted by molar-refractivity contribution is 5.90. The fraction of sp³-hybridized carbons (Fsp3) is 0.440. The molecule has 166 valence electrons. The Labute approximate surface area is 184 Å². The second kappa shape index (κ2) is 11.5. The molecule has 2 aromatic carbocycles. The predicted octanol–water partition coefficient (Wildman–Crippen LogP) is 3.88. The summed E-state index contributed by atoms with van der Waals surface area (Å²) < 4.78 is 5.72. The van der Waals surface area contributed by atoms with E-state index in [4.69, 9.17) is 10.5 Å². The number of carbonyl (C=O) groups is 2. The third-order valence-electron chi connectivity index (χ3n) is 5.61. The molecule has 1 saturated heterocycles. The first kappa shape index (κ1) is 22.8. The van der Waals surface area contributed by atoms with Crippen LogP contribution in [-0.2, 0) is 16.1 Å². The third-order valence-corrected chi connectivity index (χ3v) is 5.61. The van der Waals surface area contributed by atoms with Crippen molar-refractivity contribution >= 4 is 17.5 Å². The molecule has 1 aliphatic rings. The zero-order valence-electron chi connectivity index (χ0n) is 18.3. The molecule has 2 amide bonds. The smallest absolute Gasteiger partial charge is 0.224 e. The first-order valence-corrected chi connectivity index (χ1v) is 11.1. The molecule has 0 aliphatic carbocycles. The summed E-state index contributed by atoms with van der Waals surface area (Å²) in [7, 11) is 0. The number of benzene rings is 2. The summed E-state index contributed by atoms with van der Waals surface area (Å²) in [5, 5.41) is 2.96. The Morgan fingerprint density at radius 1 is 1.16 bits per heavy atom. The molecule has 1 aliphatic heterocycles. The second-order valence-corrected chi connectivity index (χ2v) is 8.34. The topological polar surface area (TPSA) is 84.7 Å². The largest absolute Gasteiger partial charge is 0.494 e. The molecule has 2 aromatic rings. The van der Waals surface area contributed by atoms with Crippen LogP contribution in [0.3, 0.4) is 0 Å². The molecule has 1 fully saturated rings. The number of ether oxygens (including phenoxy) is 1. The number of nitrogens with two attached hydrogens (primary N) is 1. The van der Waals surface area contributed by atoms with Crippen LogP contribution in [0.2, 0.25) is 0 Å². The van der Waals surface area contributed by atoms with Crippen LogP contribution in [-0.4, -0.2) is 36.4 Å². The van der Waals surface area contributed by atoms with E-state index in [0.717, 1.165) is 62.3 Å². The van der Waals surface area contributed by atoms with Crippen molar-refractivity contribution in [2.24, 2.45) is 11.7 Å². The maximum Gasteiger partial charge on any atom is 0.224 e. The molecule has 1 atom stereocenters. The van der Waals surface area contributed by atoms with Gasteiger partial charge in [-0.2, -0.15) is 0 Å². The summed E-state index contributed by atoms with van der Waals surface area (Å²) in [6, 6.07) is 15.9. The van der Waals surface area contributed by atoms with E-state index in [1.165, 1.54) is 5.56 Å². The summed E-state index contributed by atoms with van der Waals surface area (Å²) in [5.41, 5.74) is 8.60. The van der Waals surface area contributed by atoms with Crippen molar-refractivity contribution in [3.63, 3.8) is 0 Å². The number of nitrogens with zero attached hydrogens (tertiary/aromatic N) is 1. The number of unbranched alkanes of at least 4 members (excludes halogenated alkanes) is 1. The summed E-state index contributed by atoms with van der Waals surface area (Å²) in [4.78, 5) is 25.9. The number of hydrogen-bond acceptors (Lipinski definition) is 4. The number of nitrogens with one attached hydrogen (secondary N) is 1. The van der Waals surface area contributed by atoms with Gasteiger partial charge in [-0.3, -0.25) is 14.5 Å². The van der Waals surface area contributed by atoms with Crippen LogP contribution in [0.25, 0.3) is 0 Å². The van der Waals surface area contributed by atoms with Crippen LogP contribution < -0.4 is 15.8 Å². The van der Waals surface area contributed by atoms with Gasteiger partial charge in [-0.1, -0.05) is 24.3 Å². The summed E-state index contributed by atoms with van der Waals surface area (Å²) >= 11 is 0. The molecule has 3 N–H and O–H groups in total. The first-order valence-electron chi connectivity index (χ1n) is 11.1. The van der Waals surface area contributed by atoms with E-state index < -0.39 is 0 Å². The van der Waals surface area contributed by atoms with E-state index in [0.29, 0.717) is 13.0 Å². The molecular formula is C25H33N3O3. The Morgan fingerprint density at radius 3 is 2.71 bits per heavy atom. The van der Waals surface area contributed by atoms with E-state index in [1.54, 1.807) is 0 Å². The minimum atomic E-state index is -0.204. The van der Waals surface area contributed by atoms with Gasteiger partial charge in [-0.15, -0.1) is 0 Å². The van der Waals surface area contributed by atoms with Crippen LogP contribution in [0.4, 0.5) is 5.69 Å². The van der Waals surface area contributed by atoms with Crippen molar-refractivity contribution in [2.45, 2.75) is 45.6 Å². The van der Waals surface area contributed by atoms with Crippen molar-refractivity contribution in [3.05, 3.63) is 59.7 Å². The fourth-order valence-electron chi connectivity index (χ4n) is 3.89. The second-order valence-electron chi connectivity index (χ2n) is 8.34. The van der Waals surface area contributed by atoms with E-state index in [1.807, 2.05) is 55.5 Å². The number of carbonyl (C=O) groups excluding carboxylic acids is 2. The molecule has 0 bridgehead atoms. The molecule has 6 nitrogen and oxygen atoms in total. The number of anilines is 1. The van der Waals surface area contributed by atoms with Gasteiger partial charge in [0.25, 0.3) is 0 Å². The minimum Gasteiger partial charge on any atom is -0.494 e. The Balaban J connectivity index is 1.34. The van der Waals surface area contributed by atoms with Crippen LogP contribution in [0, 0.1) is 12.8 Å². The maximum absolute atomic E-state index is 12.2. The molecule has 0 spiro atoms. The predicted molar refractivity (Wildman–Crippen MR) is 123 cm³/mol. The first-order chi connectivity index (χ1) is 15.0. The monoisotopic (exact) mass is 423 g/mol. The van der Waals surface area contributed by atoms with Gasteiger partial charge in [0.2, 0.25) is 11.8 Å². The lowest BCUT2D eigenvalue weighted by molar-refractivity contribution is -0.123. The van der Waals surface area contributed by atoms with Gasteiger partial charge >= 0.3 is 0 Å². The zero-order valence-corrected chi connectivity index (χ0v) is 18.3. The fourth-order valence-corrected chi connectivity index (χ4v) is 3.89. The Bertz CT molecular complexity index is 867. The molecular weight excluding hydrogens is 390 g/mol. The highest BCUT2D eigenvalue weighted by Gasteiger charge is 2.23. The van der Waals surface area contributed by atoms with Gasteiger partial charge < -0.3 is 15.8 Å². The van der Waals surface area contributed by atoms with Crippen LogP contribution in [0.1, 0.15) is 43.2 Å². The third kappa shape index (κ3) is 7.72. The van der Waals surface area contributed by atoms with Gasteiger partial charge in [-0.05, 0) is 74.5 Å². The normalized spacial score (nSPS) is 16.6. The molecule has 31 heavy (non-hydrogen) atoms.